The molecule has 0 saturated carbocycles. The monoisotopic (exact) mass is 204 g/mol. The van der Waals surface area contributed by atoms with Crippen molar-refractivity contribution in [3.8, 4) is 5.75 Å². The Morgan fingerprint density at radius 1 is 1.27 bits per heavy atom. The topological polar surface area (TPSA) is 80.0 Å². The van der Waals surface area contributed by atoms with E-state index in [1.54, 1.807) is 12.1 Å². The second-order valence-corrected chi connectivity index (χ2v) is 2.83. The maximum absolute atomic E-state index is 11.6. The smallest absolute Gasteiger partial charge is 0.273 e. The van der Waals surface area contributed by atoms with Crippen LogP contribution in [0.4, 0.5) is 0 Å². The van der Waals surface area contributed by atoms with Crippen molar-refractivity contribution in [3.63, 3.8) is 0 Å². The van der Waals surface area contributed by atoms with E-state index < -0.39 is 5.91 Å². The first-order chi connectivity index (χ1) is 7.27. The lowest BCUT2D eigenvalue weighted by Crippen LogP contribution is -2.21. The third-order valence-corrected chi connectivity index (χ3v) is 1.80. The number of carbonyl (C=O) groups excluding carboxylic acids is 1. The molecule has 0 saturated heterocycles. The highest BCUT2D eigenvalue weighted by atomic mass is 16.3. The Morgan fingerprint density at radius 3 is 2.60 bits per heavy atom. The minimum Gasteiger partial charge on any atom is -0.507 e. The number of hydrogen-bond donors (Lipinski definition) is 2. The highest BCUT2D eigenvalue weighted by molar-refractivity contribution is 6.02. The second kappa shape index (κ2) is 3.79. The van der Waals surface area contributed by atoms with Crippen molar-refractivity contribution in [2.45, 2.75) is 0 Å². The largest absolute Gasteiger partial charge is 0.507 e. The second-order valence-electron chi connectivity index (χ2n) is 2.83. The normalized spacial score (nSPS) is 9.87. The fourth-order valence-corrected chi connectivity index (χ4v) is 1.10. The minimum atomic E-state index is -0.423. The summed E-state index contributed by atoms with van der Waals surface area (Å²) in [6.45, 7) is 0. The van der Waals surface area contributed by atoms with Crippen LogP contribution in [0, 0.1) is 0 Å². The van der Waals surface area contributed by atoms with Crippen molar-refractivity contribution in [2.75, 3.05) is 5.43 Å². The van der Waals surface area contributed by atoms with Crippen LogP contribution >= 0.6 is 0 Å². The first kappa shape index (κ1) is 9.20. The highest BCUT2D eigenvalue weighted by Gasteiger charge is 2.09. The van der Waals surface area contributed by atoms with E-state index in [9.17, 15) is 9.90 Å². The molecule has 1 aromatic heterocycles. The Kier molecular flexibility index (Phi) is 2.32. The summed E-state index contributed by atoms with van der Waals surface area (Å²) in [4.78, 5) is 11.6. The maximum atomic E-state index is 11.6. The van der Waals surface area contributed by atoms with Crippen LogP contribution in [0.2, 0.25) is 0 Å². The lowest BCUT2D eigenvalue weighted by molar-refractivity contribution is 0.100. The summed E-state index contributed by atoms with van der Waals surface area (Å²) in [6, 6.07) is 6.28. The molecule has 6 nitrogen and oxygen atoms in total. The molecule has 0 aliphatic carbocycles. The molecule has 1 amide bonds. The molecule has 0 fully saturated rings. The number of aromatic hydroxyl groups is 1. The van der Waals surface area contributed by atoms with Crippen LogP contribution in [-0.2, 0) is 0 Å². The summed E-state index contributed by atoms with van der Waals surface area (Å²) in [5.74, 6) is -0.490. The van der Waals surface area contributed by atoms with Crippen LogP contribution in [0.5, 0.6) is 5.75 Å². The van der Waals surface area contributed by atoms with Gasteiger partial charge >= 0.3 is 0 Å². The number of phenols is 1. The Morgan fingerprint density at radius 2 is 1.93 bits per heavy atom. The van der Waals surface area contributed by atoms with Gasteiger partial charge < -0.3 is 5.11 Å². The van der Waals surface area contributed by atoms with Gasteiger partial charge in [-0.15, -0.1) is 10.2 Å². The zero-order chi connectivity index (χ0) is 10.7. The molecule has 0 atom stereocenters. The SMILES string of the molecule is O=C(Nn1cnnc1)c1ccccc1O. The Balaban J connectivity index is 2.19. The Hall–Kier alpha value is -2.37. The van der Waals surface area contributed by atoms with E-state index >= 15 is 0 Å². The number of hydrogen-bond acceptors (Lipinski definition) is 4. The molecule has 76 valence electrons. The lowest BCUT2D eigenvalue weighted by Gasteiger charge is -2.05. The van der Waals surface area contributed by atoms with Crippen molar-refractivity contribution in [3.05, 3.63) is 42.5 Å². The molecule has 6 heteroatoms. The summed E-state index contributed by atoms with van der Waals surface area (Å²) >= 11 is 0. The Labute approximate surface area is 85.2 Å². The van der Waals surface area contributed by atoms with E-state index in [0.29, 0.717) is 0 Å². The van der Waals surface area contributed by atoms with Gasteiger partial charge in [0.25, 0.3) is 5.91 Å². The number of rotatable bonds is 2. The van der Waals surface area contributed by atoms with Crippen LogP contribution in [0.25, 0.3) is 0 Å². The van der Waals surface area contributed by atoms with Crippen LogP contribution in [-0.4, -0.2) is 25.9 Å². The average Bonchev–Trinajstić information content (AvgIpc) is 2.71. The van der Waals surface area contributed by atoms with Crippen LogP contribution in [0.1, 0.15) is 10.4 Å². The van der Waals surface area contributed by atoms with Gasteiger partial charge in [0.05, 0.1) is 5.56 Å². The van der Waals surface area contributed by atoms with Crippen molar-refractivity contribution in [2.24, 2.45) is 0 Å². The molecule has 1 aromatic carbocycles. The standard InChI is InChI=1S/C9H8N4O2/c14-8-4-2-1-3-7(8)9(15)12-13-5-10-11-6-13/h1-6,14H,(H,12,15). The van der Waals surface area contributed by atoms with Gasteiger partial charge in [-0.3, -0.25) is 10.2 Å². The summed E-state index contributed by atoms with van der Waals surface area (Å²) < 4.78 is 1.30. The summed E-state index contributed by atoms with van der Waals surface area (Å²) in [5, 5.41) is 16.5. The van der Waals surface area contributed by atoms with Crippen molar-refractivity contribution >= 4 is 5.91 Å². The molecular weight excluding hydrogens is 196 g/mol. The van der Waals surface area contributed by atoms with E-state index in [2.05, 4.69) is 15.6 Å². The van der Waals surface area contributed by atoms with Crippen molar-refractivity contribution in [1.29, 1.82) is 0 Å². The van der Waals surface area contributed by atoms with Gasteiger partial charge in [-0.05, 0) is 12.1 Å². The minimum absolute atomic E-state index is 0.0666. The molecule has 0 spiro atoms. The molecule has 0 aliphatic heterocycles. The summed E-state index contributed by atoms with van der Waals surface area (Å²) in [7, 11) is 0. The maximum Gasteiger partial charge on any atom is 0.273 e. The summed E-state index contributed by atoms with van der Waals surface area (Å²) in [6.07, 6.45) is 2.69. The molecule has 0 bridgehead atoms. The lowest BCUT2D eigenvalue weighted by atomic mass is 10.2. The number of phenolic OH excluding ortho intramolecular Hbond substituents is 1. The predicted molar refractivity (Wildman–Crippen MR) is 51.8 cm³/mol. The predicted octanol–water partition coefficient (Wildman–Crippen LogP) is 0.368. The van der Waals surface area contributed by atoms with Gasteiger partial charge in [0.2, 0.25) is 0 Å². The number of amides is 1. The molecule has 0 unspecified atom stereocenters. The van der Waals surface area contributed by atoms with Gasteiger partial charge in [0, 0.05) is 0 Å². The van der Waals surface area contributed by atoms with E-state index in [4.69, 9.17) is 0 Å². The molecule has 2 rings (SSSR count). The highest BCUT2D eigenvalue weighted by Crippen LogP contribution is 2.15. The van der Waals surface area contributed by atoms with E-state index in [1.807, 2.05) is 0 Å². The number of nitrogens with zero attached hydrogens (tertiary/aromatic N) is 3. The number of aromatic nitrogens is 3. The zero-order valence-electron chi connectivity index (χ0n) is 7.66. The molecule has 0 aliphatic rings. The fraction of sp³-hybridized carbons (Fsp3) is 0. The van der Waals surface area contributed by atoms with Crippen molar-refractivity contribution in [1.82, 2.24) is 14.9 Å². The fourth-order valence-electron chi connectivity index (χ4n) is 1.10. The zero-order valence-corrected chi connectivity index (χ0v) is 7.66. The first-order valence-corrected chi connectivity index (χ1v) is 4.21. The molecule has 15 heavy (non-hydrogen) atoms. The van der Waals surface area contributed by atoms with Gasteiger partial charge in [0.15, 0.2) is 0 Å². The van der Waals surface area contributed by atoms with Crippen LogP contribution < -0.4 is 5.43 Å². The Bertz CT molecular complexity index is 467. The number of carbonyl (C=O) groups is 1. The van der Waals surface area contributed by atoms with E-state index in [1.165, 1.54) is 29.5 Å². The average molecular weight is 204 g/mol. The van der Waals surface area contributed by atoms with Gasteiger partial charge in [-0.2, -0.15) is 0 Å². The molecule has 0 radical (unpaired) electrons. The van der Waals surface area contributed by atoms with E-state index in [-0.39, 0.29) is 11.3 Å². The van der Waals surface area contributed by atoms with Gasteiger partial charge in [-0.25, -0.2) is 4.68 Å². The third-order valence-electron chi connectivity index (χ3n) is 1.80. The first-order valence-electron chi connectivity index (χ1n) is 4.21. The molecule has 2 aromatic rings. The van der Waals surface area contributed by atoms with Crippen LogP contribution in [0.3, 0.4) is 0 Å². The quantitative estimate of drug-likeness (QED) is 0.740. The van der Waals surface area contributed by atoms with Crippen molar-refractivity contribution < 1.29 is 9.90 Å². The van der Waals surface area contributed by atoms with Crippen LogP contribution in [0.15, 0.2) is 36.9 Å². The number of nitrogens with one attached hydrogen (secondary N) is 1. The molecule has 1 heterocycles. The van der Waals surface area contributed by atoms with Gasteiger partial charge in [0.1, 0.15) is 18.4 Å². The molecule has 2 N–H and O–H groups in total. The van der Waals surface area contributed by atoms with Gasteiger partial charge in [-0.1, -0.05) is 12.1 Å². The summed E-state index contributed by atoms with van der Waals surface area (Å²) in [5.41, 5.74) is 2.67. The number of para-hydroxylation sites is 1. The number of benzene rings is 1. The van der Waals surface area contributed by atoms with E-state index in [0.717, 1.165) is 0 Å². The molecular formula is C9H8N4O2. The third kappa shape index (κ3) is 1.93.